The van der Waals surface area contributed by atoms with E-state index in [0.717, 1.165) is 38.1 Å². The van der Waals surface area contributed by atoms with Crippen LogP contribution in [0.1, 0.15) is 28.7 Å². The van der Waals surface area contributed by atoms with E-state index in [0.29, 0.717) is 6.04 Å². The van der Waals surface area contributed by atoms with Gasteiger partial charge in [0.25, 0.3) is 0 Å². The number of methoxy groups -OCH3 is 1. The molecule has 1 aliphatic carbocycles. The smallest absolute Gasteiger partial charge is 0.122 e. The van der Waals surface area contributed by atoms with Gasteiger partial charge in [0.05, 0.1) is 7.11 Å². The fourth-order valence-electron chi connectivity index (χ4n) is 4.24. The normalized spacial score (nSPS) is 16.0. The molecule has 0 heterocycles. The molecule has 3 aromatic carbocycles. The van der Waals surface area contributed by atoms with E-state index < -0.39 is 0 Å². The van der Waals surface area contributed by atoms with Crippen molar-refractivity contribution < 1.29 is 4.74 Å². The minimum atomic E-state index is 0.510. The lowest BCUT2D eigenvalue weighted by Crippen LogP contribution is -2.38. The summed E-state index contributed by atoms with van der Waals surface area (Å²) in [5, 5.41) is 0. The molecule has 3 aromatic rings. The summed E-state index contributed by atoms with van der Waals surface area (Å²) in [7, 11) is 1.77. The summed E-state index contributed by atoms with van der Waals surface area (Å²) in [6, 6.07) is 26.3. The van der Waals surface area contributed by atoms with Gasteiger partial charge in [-0.05, 0) is 53.6 Å². The zero-order chi connectivity index (χ0) is 19.3. The van der Waals surface area contributed by atoms with Gasteiger partial charge in [-0.3, -0.25) is 4.90 Å². The van der Waals surface area contributed by atoms with Crippen molar-refractivity contribution in [2.24, 2.45) is 0 Å². The molecule has 2 nitrogen and oxygen atoms in total. The fourth-order valence-corrected chi connectivity index (χ4v) is 4.77. The summed E-state index contributed by atoms with van der Waals surface area (Å²) < 4.78 is 6.82. The Labute approximate surface area is 176 Å². The molecule has 1 aliphatic rings. The van der Waals surface area contributed by atoms with Crippen LogP contribution in [0.15, 0.2) is 77.3 Å². The van der Waals surface area contributed by atoms with E-state index in [1.165, 1.54) is 26.7 Å². The first kappa shape index (κ1) is 19.2. The monoisotopic (exact) mass is 435 g/mol. The first-order valence-electron chi connectivity index (χ1n) is 9.90. The van der Waals surface area contributed by atoms with E-state index in [1.54, 1.807) is 7.11 Å². The summed E-state index contributed by atoms with van der Waals surface area (Å²) in [5.41, 5.74) is 5.51. The van der Waals surface area contributed by atoms with Crippen molar-refractivity contribution >= 4 is 15.9 Å². The molecule has 3 heteroatoms. The average molecular weight is 436 g/mol. The minimum Gasteiger partial charge on any atom is -0.496 e. The van der Waals surface area contributed by atoms with Crippen molar-refractivity contribution in [1.82, 2.24) is 4.90 Å². The number of hydrogen-bond donors (Lipinski definition) is 0. The van der Waals surface area contributed by atoms with Crippen LogP contribution in [-0.4, -0.2) is 18.1 Å². The highest BCUT2D eigenvalue weighted by Crippen LogP contribution is 2.36. The van der Waals surface area contributed by atoms with E-state index in [-0.39, 0.29) is 0 Å². The minimum absolute atomic E-state index is 0.510. The summed E-state index contributed by atoms with van der Waals surface area (Å²) in [4.78, 5) is 2.64. The van der Waals surface area contributed by atoms with Crippen LogP contribution in [0.2, 0.25) is 0 Å². The molecule has 4 rings (SSSR count). The van der Waals surface area contributed by atoms with Crippen LogP contribution in [0.4, 0.5) is 0 Å². The number of ether oxygens (including phenoxy) is 1. The number of benzene rings is 3. The van der Waals surface area contributed by atoms with Crippen LogP contribution in [0.3, 0.4) is 0 Å². The lowest BCUT2D eigenvalue weighted by Gasteiger charge is -2.36. The molecule has 28 heavy (non-hydrogen) atoms. The molecule has 0 bridgehead atoms. The van der Waals surface area contributed by atoms with Gasteiger partial charge in [0.2, 0.25) is 0 Å². The van der Waals surface area contributed by atoms with Gasteiger partial charge in [0.1, 0.15) is 5.75 Å². The molecule has 0 fully saturated rings. The van der Waals surface area contributed by atoms with Crippen molar-refractivity contribution in [2.75, 3.05) is 7.11 Å². The molecule has 0 radical (unpaired) electrons. The molecular formula is C25H26BrNO. The third-order valence-electron chi connectivity index (χ3n) is 5.69. The van der Waals surface area contributed by atoms with Crippen LogP contribution in [0.5, 0.6) is 5.75 Å². The topological polar surface area (TPSA) is 12.5 Å². The lowest BCUT2D eigenvalue weighted by atomic mass is 9.86. The molecule has 0 aromatic heterocycles. The fraction of sp³-hybridized carbons (Fsp3) is 0.280. The Morgan fingerprint density at radius 2 is 1.46 bits per heavy atom. The Bertz CT molecular complexity index is 869. The Kier molecular flexibility index (Phi) is 6.13. The molecule has 0 amide bonds. The van der Waals surface area contributed by atoms with Gasteiger partial charge in [-0.25, -0.2) is 0 Å². The standard InChI is InChI=1S/C25H26BrNO/c1-28-25-15-14-24(26)23-16-21(12-13-22(23)25)27(17-19-8-4-2-5-9-19)18-20-10-6-3-7-11-20/h2-11,14-15,21H,12-13,16-18H2,1H3/t21-/m1/s1. The average Bonchev–Trinajstić information content (AvgIpc) is 2.75. The predicted octanol–water partition coefficient (Wildman–Crippen LogP) is 6.02. The molecular weight excluding hydrogens is 410 g/mol. The van der Waals surface area contributed by atoms with E-state index in [4.69, 9.17) is 4.74 Å². The van der Waals surface area contributed by atoms with Crippen LogP contribution >= 0.6 is 15.9 Å². The van der Waals surface area contributed by atoms with Crippen molar-refractivity contribution in [3.63, 3.8) is 0 Å². The van der Waals surface area contributed by atoms with Crippen molar-refractivity contribution in [1.29, 1.82) is 0 Å². The van der Waals surface area contributed by atoms with Crippen molar-refractivity contribution in [3.8, 4) is 5.75 Å². The van der Waals surface area contributed by atoms with Gasteiger partial charge < -0.3 is 4.74 Å². The largest absolute Gasteiger partial charge is 0.496 e. The second kappa shape index (κ2) is 8.93. The summed E-state index contributed by atoms with van der Waals surface area (Å²) in [6.45, 7) is 1.94. The molecule has 144 valence electrons. The highest BCUT2D eigenvalue weighted by molar-refractivity contribution is 9.10. The Morgan fingerprint density at radius 1 is 0.857 bits per heavy atom. The molecule has 0 unspecified atom stereocenters. The summed E-state index contributed by atoms with van der Waals surface area (Å²) >= 11 is 3.78. The van der Waals surface area contributed by atoms with Gasteiger partial charge >= 0.3 is 0 Å². The second-order valence-electron chi connectivity index (χ2n) is 7.48. The highest BCUT2D eigenvalue weighted by atomic mass is 79.9. The molecule has 0 spiro atoms. The second-order valence-corrected chi connectivity index (χ2v) is 8.33. The molecule has 0 aliphatic heterocycles. The maximum Gasteiger partial charge on any atom is 0.122 e. The van der Waals surface area contributed by atoms with E-state index >= 15 is 0 Å². The van der Waals surface area contributed by atoms with Crippen LogP contribution in [-0.2, 0) is 25.9 Å². The van der Waals surface area contributed by atoms with Gasteiger partial charge in [0, 0.05) is 23.6 Å². The number of hydrogen-bond acceptors (Lipinski definition) is 2. The Morgan fingerprint density at radius 3 is 2.04 bits per heavy atom. The van der Waals surface area contributed by atoms with E-state index in [9.17, 15) is 0 Å². The quantitative estimate of drug-likeness (QED) is 0.469. The van der Waals surface area contributed by atoms with Gasteiger partial charge in [-0.1, -0.05) is 76.6 Å². The van der Waals surface area contributed by atoms with Gasteiger partial charge in [-0.2, -0.15) is 0 Å². The zero-order valence-electron chi connectivity index (χ0n) is 16.3. The SMILES string of the molecule is COc1ccc(Br)c2c1CC[C@@H](N(Cc1ccccc1)Cc1ccccc1)C2. The third-order valence-corrected chi connectivity index (χ3v) is 6.43. The van der Waals surface area contributed by atoms with Crippen LogP contribution in [0, 0.1) is 0 Å². The van der Waals surface area contributed by atoms with Crippen LogP contribution < -0.4 is 4.74 Å². The highest BCUT2D eigenvalue weighted by Gasteiger charge is 2.27. The molecule has 0 N–H and O–H groups in total. The number of halogens is 1. The Hall–Kier alpha value is -2.10. The summed E-state index contributed by atoms with van der Waals surface area (Å²) in [5.74, 6) is 1.02. The molecule has 1 atom stereocenters. The first-order chi connectivity index (χ1) is 13.7. The van der Waals surface area contributed by atoms with E-state index in [1.807, 2.05) is 0 Å². The zero-order valence-corrected chi connectivity index (χ0v) is 17.9. The number of fused-ring (bicyclic) bond motifs is 1. The van der Waals surface area contributed by atoms with Gasteiger partial charge in [-0.15, -0.1) is 0 Å². The molecule has 0 saturated carbocycles. The Balaban J connectivity index is 1.61. The number of nitrogens with zero attached hydrogens (tertiary/aromatic N) is 1. The van der Waals surface area contributed by atoms with E-state index in [2.05, 4.69) is 93.6 Å². The van der Waals surface area contributed by atoms with Crippen LogP contribution in [0.25, 0.3) is 0 Å². The first-order valence-corrected chi connectivity index (χ1v) is 10.7. The maximum absolute atomic E-state index is 5.62. The molecule has 0 saturated heterocycles. The summed E-state index contributed by atoms with van der Waals surface area (Å²) in [6.07, 6.45) is 3.26. The third kappa shape index (κ3) is 4.31. The van der Waals surface area contributed by atoms with Crippen molar-refractivity contribution in [3.05, 3.63) is 99.5 Å². The van der Waals surface area contributed by atoms with Crippen molar-refractivity contribution in [2.45, 2.75) is 38.4 Å². The van der Waals surface area contributed by atoms with Gasteiger partial charge in [0.15, 0.2) is 0 Å². The predicted molar refractivity (Wildman–Crippen MR) is 119 cm³/mol. The maximum atomic E-state index is 5.62. The number of rotatable bonds is 6. The lowest BCUT2D eigenvalue weighted by molar-refractivity contribution is 0.161.